The van der Waals surface area contributed by atoms with E-state index in [9.17, 15) is 0 Å². The summed E-state index contributed by atoms with van der Waals surface area (Å²) in [5.74, 6) is 5.89. The molecule has 1 aromatic carbocycles. The quantitative estimate of drug-likeness (QED) is 0.769. The van der Waals surface area contributed by atoms with E-state index >= 15 is 0 Å². The highest BCUT2D eigenvalue weighted by Crippen LogP contribution is 2.34. The van der Waals surface area contributed by atoms with Crippen molar-refractivity contribution in [2.24, 2.45) is 5.90 Å². The molecule has 0 radical (unpaired) electrons. The molecule has 1 aliphatic rings. The Kier molecular flexibility index (Phi) is 3.75. The van der Waals surface area contributed by atoms with Gasteiger partial charge in [-0.3, -0.25) is 4.84 Å². The average Bonchev–Trinajstić information content (AvgIpc) is 2.31. The minimum Gasteiger partial charge on any atom is -0.300 e. The highest BCUT2D eigenvalue weighted by molar-refractivity contribution is 5.30. The molecule has 0 bridgehead atoms. The molecule has 0 heterocycles. The van der Waals surface area contributed by atoms with Crippen molar-refractivity contribution < 1.29 is 4.84 Å². The van der Waals surface area contributed by atoms with Crippen LogP contribution in [0.15, 0.2) is 24.3 Å². The van der Waals surface area contributed by atoms with Crippen molar-refractivity contribution in [1.29, 1.82) is 0 Å². The van der Waals surface area contributed by atoms with Crippen molar-refractivity contribution in [2.45, 2.75) is 44.6 Å². The first-order chi connectivity index (χ1) is 7.42. The third kappa shape index (κ3) is 2.58. The zero-order valence-corrected chi connectivity index (χ0v) is 9.11. The Bertz CT molecular complexity index is 305. The van der Waals surface area contributed by atoms with Crippen LogP contribution in [-0.4, -0.2) is 0 Å². The van der Waals surface area contributed by atoms with Crippen molar-refractivity contribution in [3.8, 4) is 0 Å². The Morgan fingerprint density at radius 2 is 1.87 bits per heavy atom. The summed E-state index contributed by atoms with van der Waals surface area (Å²) in [6.07, 6.45) is 6.76. The first-order valence-corrected chi connectivity index (χ1v) is 5.81. The Balaban J connectivity index is 2.17. The minimum absolute atomic E-state index is 0.534. The first kappa shape index (κ1) is 10.7. The van der Waals surface area contributed by atoms with Crippen molar-refractivity contribution >= 4 is 0 Å². The van der Waals surface area contributed by atoms with E-state index in [0.29, 0.717) is 6.61 Å². The molecule has 0 unspecified atom stereocenters. The van der Waals surface area contributed by atoms with Crippen LogP contribution in [0, 0.1) is 0 Å². The lowest BCUT2D eigenvalue weighted by Crippen LogP contribution is -2.09. The largest absolute Gasteiger partial charge is 0.300 e. The second-order valence-corrected chi connectivity index (χ2v) is 4.34. The molecule has 2 heteroatoms. The van der Waals surface area contributed by atoms with Gasteiger partial charge >= 0.3 is 0 Å². The topological polar surface area (TPSA) is 35.2 Å². The fraction of sp³-hybridized carbons (Fsp3) is 0.538. The highest BCUT2D eigenvalue weighted by atomic mass is 16.6. The minimum atomic E-state index is 0.534. The summed E-state index contributed by atoms with van der Waals surface area (Å²) >= 11 is 0. The Hall–Kier alpha value is -0.860. The van der Waals surface area contributed by atoms with Crippen LogP contribution in [0.3, 0.4) is 0 Å². The molecule has 2 nitrogen and oxygen atoms in total. The standard InChI is InChI=1S/C13H19NO/c14-15-10-12-8-4-5-9-13(12)11-6-2-1-3-7-11/h4-5,8-9,11H,1-3,6-7,10,14H2. The maximum Gasteiger partial charge on any atom is 0.0932 e. The lowest BCUT2D eigenvalue weighted by molar-refractivity contribution is 0.123. The van der Waals surface area contributed by atoms with Gasteiger partial charge in [0.25, 0.3) is 0 Å². The van der Waals surface area contributed by atoms with Crippen molar-refractivity contribution in [3.63, 3.8) is 0 Å². The van der Waals surface area contributed by atoms with E-state index in [1.807, 2.05) is 0 Å². The van der Waals surface area contributed by atoms with Crippen LogP contribution in [0.2, 0.25) is 0 Å². The molecule has 2 N–H and O–H groups in total. The van der Waals surface area contributed by atoms with Gasteiger partial charge in [-0.15, -0.1) is 0 Å². The number of nitrogens with two attached hydrogens (primary N) is 1. The molecule has 0 aromatic heterocycles. The molecular formula is C13H19NO. The number of rotatable bonds is 3. The van der Waals surface area contributed by atoms with Crippen LogP contribution < -0.4 is 5.90 Å². The lowest BCUT2D eigenvalue weighted by atomic mass is 9.82. The Labute approximate surface area is 91.4 Å². The Morgan fingerprint density at radius 3 is 2.60 bits per heavy atom. The molecule has 82 valence electrons. The molecule has 0 spiro atoms. The summed E-state index contributed by atoms with van der Waals surface area (Å²) in [4.78, 5) is 4.76. The molecule has 1 fully saturated rings. The van der Waals surface area contributed by atoms with Crippen molar-refractivity contribution in [2.75, 3.05) is 0 Å². The van der Waals surface area contributed by atoms with Gasteiger partial charge in [-0.2, -0.15) is 0 Å². The van der Waals surface area contributed by atoms with Crippen molar-refractivity contribution in [3.05, 3.63) is 35.4 Å². The summed E-state index contributed by atoms with van der Waals surface area (Å²) in [7, 11) is 0. The fourth-order valence-corrected chi connectivity index (χ4v) is 2.57. The second kappa shape index (κ2) is 5.29. The maximum atomic E-state index is 5.16. The summed E-state index contributed by atoms with van der Waals surface area (Å²) in [5.41, 5.74) is 2.70. The van der Waals surface area contributed by atoms with Gasteiger partial charge in [0.15, 0.2) is 0 Å². The molecule has 0 saturated heterocycles. The van der Waals surface area contributed by atoms with E-state index in [1.54, 1.807) is 0 Å². The molecule has 15 heavy (non-hydrogen) atoms. The Morgan fingerprint density at radius 1 is 1.13 bits per heavy atom. The first-order valence-electron chi connectivity index (χ1n) is 5.81. The number of benzene rings is 1. The summed E-state index contributed by atoms with van der Waals surface area (Å²) < 4.78 is 0. The van der Waals surface area contributed by atoms with E-state index in [2.05, 4.69) is 24.3 Å². The maximum absolute atomic E-state index is 5.16. The highest BCUT2D eigenvalue weighted by Gasteiger charge is 2.17. The predicted molar refractivity (Wildman–Crippen MR) is 61.2 cm³/mol. The predicted octanol–water partition coefficient (Wildman–Crippen LogP) is 3.12. The van der Waals surface area contributed by atoms with E-state index in [0.717, 1.165) is 5.92 Å². The summed E-state index contributed by atoms with van der Waals surface area (Å²) in [6.45, 7) is 0.534. The van der Waals surface area contributed by atoms with E-state index in [1.165, 1.54) is 43.2 Å². The molecule has 1 aromatic rings. The van der Waals surface area contributed by atoms with Crippen LogP contribution in [0.4, 0.5) is 0 Å². The normalized spacial score (nSPS) is 17.9. The fourth-order valence-electron chi connectivity index (χ4n) is 2.57. The van der Waals surface area contributed by atoms with E-state index in [4.69, 9.17) is 10.7 Å². The molecular weight excluding hydrogens is 186 g/mol. The lowest BCUT2D eigenvalue weighted by Gasteiger charge is -2.24. The van der Waals surface area contributed by atoms with Crippen LogP contribution in [0.1, 0.15) is 49.1 Å². The van der Waals surface area contributed by atoms with Crippen LogP contribution in [0.25, 0.3) is 0 Å². The zero-order chi connectivity index (χ0) is 10.5. The SMILES string of the molecule is NOCc1ccccc1C1CCCCC1. The zero-order valence-electron chi connectivity index (χ0n) is 9.11. The van der Waals surface area contributed by atoms with Gasteiger partial charge in [0.05, 0.1) is 6.61 Å². The number of hydrogen-bond donors (Lipinski definition) is 1. The third-order valence-electron chi connectivity index (χ3n) is 3.34. The van der Waals surface area contributed by atoms with E-state index < -0.39 is 0 Å². The molecule has 2 rings (SSSR count). The second-order valence-electron chi connectivity index (χ2n) is 4.34. The van der Waals surface area contributed by atoms with Gasteiger partial charge in [0, 0.05) is 0 Å². The van der Waals surface area contributed by atoms with Crippen molar-refractivity contribution in [1.82, 2.24) is 0 Å². The number of hydrogen-bond acceptors (Lipinski definition) is 2. The van der Waals surface area contributed by atoms with Gasteiger partial charge in [0.2, 0.25) is 0 Å². The molecule has 0 atom stereocenters. The smallest absolute Gasteiger partial charge is 0.0932 e. The van der Waals surface area contributed by atoms with Gasteiger partial charge in [0.1, 0.15) is 0 Å². The molecule has 1 aliphatic carbocycles. The van der Waals surface area contributed by atoms with E-state index in [-0.39, 0.29) is 0 Å². The monoisotopic (exact) mass is 205 g/mol. The van der Waals surface area contributed by atoms with Gasteiger partial charge < -0.3 is 0 Å². The van der Waals surface area contributed by atoms with Gasteiger partial charge in [-0.25, -0.2) is 5.90 Å². The summed E-state index contributed by atoms with van der Waals surface area (Å²) in [6, 6.07) is 8.52. The van der Waals surface area contributed by atoms with Crippen LogP contribution >= 0.6 is 0 Å². The van der Waals surface area contributed by atoms with Crippen LogP contribution in [0.5, 0.6) is 0 Å². The van der Waals surface area contributed by atoms with Gasteiger partial charge in [-0.1, -0.05) is 43.5 Å². The molecule has 0 aliphatic heterocycles. The summed E-state index contributed by atoms with van der Waals surface area (Å²) in [5, 5.41) is 0. The molecule has 0 amide bonds. The average molecular weight is 205 g/mol. The molecule has 1 saturated carbocycles. The third-order valence-corrected chi connectivity index (χ3v) is 3.34. The van der Waals surface area contributed by atoms with Gasteiger partial charge in [-0.05, 0) is 29.9 Å². The van der Waals surface area contributed by atoms with Crippen LogP contribution in [-0.2, 0) is 11.4 Å².